The molecule has 2 amide bonds. The number of nitrogens with zero attached hydrogens (tertiary/aromatic N) is 2. The summed E-state index contributed by atoms with van der Waals surface area (Å²) in [6, 6.07) is 8.63. The second kappa shape index (κ2) is 9.65. The molecule has 31 heavy (non-hydrogen) atoms. The Labute approximate surface area is 183 Å². The maximum Gasteiger partial charge on any atom is 0.243 e. The Morgan fingerprint density at radius 3 is 2.48 bits per heavy atom. The van der Waals surface area contributed by atoms with Gasteiger partial charge in [-0.25, -0.2) is 8.42 Å². The Kier molecular flexibility index (Phi) is 7.17. The van der Waals surface area contributed by atoms with Gasteiger partial charge in [-0.2, -0.15) is 4.31 Å². The smallest absolute Gasteiger partial charge is 0.243 e. The van der Waals surface area contributed by atoms with Crippen molar-refractivity contribution in [1.29, 1.82) is 0 Å². The number of piperidine rings is 1. The molecule has 1 aliphatic heterocycles. The summed E-state index contributed by atoms with van der Waals surface area (Å²) in [7, 11) is -1.99. The maximum atomic E-state index is 12.9. The summed E-state index contributed by atoms with van der Waals surface area (Å²) in [6.07, 6.45) is 2.40. The number of rotatable bonds is 7. The molecule has 1 aromatic heterocycles. The first kappa shape index (κ1) is 23.0. The summed E-state index contributed by atoms with van der Waals surface area (Å²) < 4.78 is 32.5. The molecule has 0 bridgehead atoms. The third kappa shape index (κ3) is 5.54. The van der Waals surface area contributed by atoms with Crippen molar-refractivity contribution < 1.29 is 22.4 Å². The highest BCUT2D eigenvalue weighted by atomic mass is 32.2. The van der Waals surface area contributed by atoms with Gasteiger partial charge in [0.05, 0.1) is 24.2 Å². The van der Waals surface area contributed by atoms with Crippen LogP contribution in [0.1, 0.15) is 29.7 Å². The van der Waals surface area contributed by atoms with Crippen LogP contribution in [0.5, 0.6) is 0 Å². The summed E-state index contributed by atoms with van der Waals surface area (Å²) in [5, 5.41) is 2.71. The van der Waals surface area contributed by atoms with Gasteiger partial charge in [0.2, 0.25) is 21.8 Å². The number of sulfonamides is 1. The Morgan fingerprint density at radius 2 is 1.87 bits per heavy atom. The van der Waals surface area contributed by atoms with E-state index < -0.39 is 10.0 Å². The second-order valence-electron chi connectivity index (χ2n) is 7.97. The molecule has 2 aromatic rings. The summed E-state index contributed by atoms with van der Waals surface area (Å²) in [5.74, 6) is -0.0767. The molecule has 0 aliphatic carbocycles. The first-order chi connectivity index (χ1) is 14.7. The van der Waals surface area contributed by atoms with Gasteiger partial charge in [-0.3, -0.25) is 9.59 Å². The summed E-state index contributed by atoms with van der Waals surface area (Å²) in [6.45, 7) is 4.61. The van der Waals surface area contributed by atoms with Crippen LogP contribution in [0.25, 0.3) is 0 Å². The van der Waals surface area contributed by atoms with Crippen molar-refractivity contribution in [3.63, 3.8) is 0 Å². The zero-order valence-corrected chi connectivity index (χ0v) is 18.9. The van der Waals surface area contributed by atoms with E-state index in [0.717, 1.165) is 11.1 Å². The topological polar surface area (TPSA) is 99.9 Å². The largest absolute Gasteiger partial charge is 0.467 e. The number of hydrogen-bond donors (Lipinski definition) is 1. The Bertz CT molecular complexity index is 1030. The van der Waals surface area contributed by atoms with Crippen molar-refractivity contribution in [2.24, 2.45) is 5.92 Å². The molecule has 0 atom stereocenters. The average Bonchev–Trinajstić information content (AvgIpc) is 3.27. The SMILES string of the molecule is Cc1ccc(S(=O)(=O)N2CCC(C(=O)N(C)CC(=O)NCc3ccco3)CC2)cc1C. The number of aryl methyl sites for hydroxylation is 2. The van der Waals surface area contributed by atoms with Gasteiger partial charge in [-0.15, -0.1) is 0 Å². The van der Waals surface area contributed by atoms with E-state index in [1.807, 2.05) is 19.9 Å². The number of amides is 2. The molecule has 0 radical (unpaired) electrons. The van der Waals surface area contributed by atoms with Gasteiger partial charge in [0.25, 0.3) is 0 Å². The van der Waals surface area contributed by atoms with Crippen LogP contribution < -0.4 is 5.32 Å². The van der Waals surface area contributed by atoms with Gasteiger partial charge in [0.1, 0.15) is 5.76 Å². The fourth-order valence-electron chi connectivity index (χ4n) is 3.63. The predicted octanol–water partition coefficient (Wildman–Crippen LogP) is 2.07. The Hall–Kier alpha value is -2.65. The lowest BCUT2D eigenvalue weighted by Gasteiger charge is -2.32. The van der Waals surface area contributed by atoms with E-state index in [1.54, 1.807) is 31.3 Å². The number of carbonyl (C=O) groups excluding carboxylic acids is 2. The molecule has 9 heteroatoms. The van der Waals surface area contributed by atoms with Gasteiger partial charge < -0.3 is 14.6 Å². The lowest BCUT2D eigenvalue weighted by Crippen LogP contribution is -2.45. The van der Waals surface area contributed by atoms with Crippen LogP contribution in [0.4, 0.5) is 0 Å². The van der Waals surface area contributed by atoms with E-state index in [4.69, 9.17) is 4.42 Å². The molecule has 1 aliphatic rings. The molecule has 1 fully saturated rings. The van der Waals surface area contributed by atoms with E-state index in [2.05, 4.69) is 5.32 Å². The van der Waals surface area contributed by atoms with Crippen LogP contribution in [0.15, 0.2) is 45.9 Å². The zero-order valence-electron chi connectivity index (χ0n) is 18.1. The molecular formula is C22H29N3O5S. The normalized spacial score (nSPS) is 15.6. The first-order valence-corrected chi connectivity index (χ1v) is 11.7. The molecule has 2 heterocycles. The molecule has 8 nitrogen and oxygen atoms in total. The second-order valence-corrected chi connectivity index (χ2v) is 9.91. The van der Waals surface area contributed by atoms with Crippen LogP contribution in [0.2, 0.25) is 0 Å². The van der Waals surface area contributed by atoms with E-state index in [9.17, 15) is 18.0 Å². The average molecular weight is 448 g/mol. The summed E-state index contributed by atoms with van der Waals surface area (Å²) in [5.41, 5.74) is 1.97. The zero-order chi connectivity index (χ0) is 22.6. The highest BCUT2D eigenvalue weighted by Crippen LogP contribution is 2.26. The van der Waals surface area contributed by atoms with Crippen LogP contribution in [-0.2, 0) is 26.2 Å². The molecule has 0 saturated carbocycles. The highest BCUT2D eigenvalue weighted by Gasteiger charge is 2.33. The number of likely N-dealkylation sites (N-methyl/N-ethyl adjacent to an activating group) is 1. The van der Waals surface area contributed by atoms with Crippen molar-refractivity contribution in [2.45, 2.75) is 38.1 Å². The van der Waals surface area contributed by atoms with Gasteiger partial charge in [-0.05, 0) is 62.1 Å². The summed E-state index contributed by atoms with van der Waals surface area (Å²) >= 11 is 0. The monoisotopic (exact) mass is 447 g/mol. The van der Waals surface area contributed by atoms with Crippen LogP contribution in [0, 0.1) is 19.8 Å². The number of benzene rings is 1. The van der Waals surface area contributed by atoms with Crippen LogP contribution >= 0.6 is 0 Å². The fraction of sp³-hybridized carbons (Fsp3) is 0.455. The minimum atomic E-state index is -3.58. The molecule has 1 aromatic carbocycles. The quantitative estimate of drug-likeness (QED) is 0.700. The third-order valence-corrected chi connectivity index (χ3v) is 7.61. The number of nitrogens with one attached hydrogen (secondary N) is 1. The van der Waals surface area contributed by atoms with Crippen LogP contribution in [0.3, 0.4) is 0 Å². The Morgan fingerprint density at radius 1 is 1.16 bits per heavy atom. The standard InChI is InChI=1S/C22H29N3O5S/c1-16-6-7-20(13-17(16)2)31(28,29)25-10-8-18(9-11-25)22(27)24(3)15-21(26)23-14-19-5-4-12-30-19/h4-7,12-13,18H,8-11,14-15H2,1-3H3,(H,23,26). The molecule has 0 unspecified atom stereocenters. The third-order valence-electron chi connectivity index (χ3n) is 5.72. The van der Waals surface area contributed by atoms with E-state index in [0.29, 0.717) is 18.6 Å². The number of furan rings is 1. The van der Waals surface area contributed by atoms with E-state index in [1.165, 1.54) is 15.5 Å². The molecule has 1 N–H and O–H groups in total. The predicted molar refractivity (Wildman–Crippen MR) is 116 cm³/mol. The highest BCUT2D eigenvalue weighted by molar-refractivity contribution is 7.89. The van der Waals surface area contributed by atoms with E-state index in [-0.39, 0.29) is 48.8 Å². The summed E-state index contributed by atoms with van der Waals surface area (Å²) in [4.78, 5) is 26.5. The lowest BCUT2D eigenvalue weighted by atomic mass is 9.96. The number of carbonyl (C=O) groups is 2. The number of hydrogen-bond acceptors (Lipinski definition) is 5. The molecule has 168 valence electrons. The minimum Gasteiger partial charge on any atom is -0.467 e. The van der Waals surface area contributed by atoms with Gasteiger partial charge >= 0.3 is 0 Å². The molecule has 1 saturated heterocycles. The van der Waals surface area contributed by atoms with Crippen molar-refractivity contribution >= 4 is 21.8 Å². The van der Waals surface area contributed by atoms with E-state index >= 15 is 0 Å². The van der Waals surface area contributed by atoms with Crippen molar-refractivity contribution in [3.8, 4) is 0 Å². The van der Waals surface area contributed by atoms with Crippen molar-refractivity contribution in [2.75, 3.05) is 26.7 Å². The van der Waals surface area contributed by atoms with Gasteiger partial charge in [0, 0.05) is 26.1 Å². The van der Waals surface area contributed by atoms with Crippen LogP contribution in [-0.4, -0.2) is 56.1 Å². The minimum absolute atomic E-state index is 0.0549. The fourth-order valence-corrected chi connectivity index (χ4v) is 5.18. The molecule has 0 spiro atoms. The van der Waals surface area contributed by atoms with Gasteiger partial charge in [0.15, 0.2) is 0 Å². The molecule has 3 rings (SSSR count). The lowest BCUT2D eigenvalue weighted by molar-refractivity contribution is -0.139. The van der Waals surface area contributed by atoms with Crippen molar-refractivity contribution in [1.82, 2.24) is 14.5 Å². The maximum absolute atomic E-state index is 12.9. The molecular weight excluding hydrogens is 418 g/mol. The van der Waals surface area contributed by atoms with Gasteiger partial charge in [-0.1, -0.05) is 6.07 Å². The van der Waals surface area contributed by atoms with Crippen molar-refractivity contribution in [3.05, 3.63) is 53.5 Å². The Balaban J connectivity index is 1.51. The first-order valence-electron chi connectivity index (χ1n) is 10.3.